The zero-order valence-corrected chi connectivity index (χ0v) is 22.8. The third kappa shape index (κ3) is 13.6. The van der Waals surface area contributed by atoms with Gasteiger partial charge in [-0.05, 0) is 37.2 Å². The molecule has 0 fully saturated rings. The maximum atomic E-state index is 13.2. The standard InChI is InChI=1S/C26H41N7O7/c1-15(2)13-17(27)22(36)31-18(10-11-21(34)35)23(37)33-20(14-16-7-4-3-5-8-16)24(38)32-19(25(39)40)9-6-12-30-26(28)29/h3-5,7-8,15,17-20H,6,9-14,27H2,1-2H3,(H,31,36)(H,32,38)(H,33,37)(H,34,35)(H,39,40)(H4,28,29,30). The van der Waals surface area contributed by atoms with Crippen molar-refractivity contribution in [3.8, 4) is 0 Å². The van der Waals surface area contributed by atoms with Crippen molar-refractivity contribution < 1.29 is 34.2 Å². The maximum Gasteiger partial charge on any atom is 0.326 e. The van der Waals surface area contributed by atoms with Gasteiger partial charge in [-0.25, -0.2) is 4.79 Å². The third-order valence-electron chi connectivity index (χ3n) is 5.82. The van der Waals surface area contributed by atoms with Crippen molar-refractivity contribution in [3.63, 3.8) is 0 Å². The number of carboxylic acid groups (broad SMARTS) is 2. The normalized spacial score (nSPS) is 13.8. The summed E-state index contributed by atoms with van der Waals surface area (Å²) in [7, 11) is 0. The predicted molar refractivity (Wildman–Crippen MR) is 148 cm³/mol. The molecular formula is C26H41N7O7. The van der Waals surface area contributed by atoms with Crippen LogP contribution in [0.15, 0.2) is 35.3 Å². The zero-order chi connectivity index (χ0) is 30.2. The van der Waals surface area contributed by atoms with Crippen molar-refractivity contribution in [1.82, 2.24) is 16.0 Å². The van der Waals surface area contributed by atoms with Gasteiger partial charge in [-0.2, -0.15) is 0 Å². The van der Waals surface area contributed by atoms with E-state index in [-0.39, 0.29) is 44.1 Å². The molecule has 1 aromatic carbocycles. The molecule has 0 heterocycles. The molecule has 222 valence electrons. The van der Waals surface area contributed by atoms with Crippen LogP contribution in [0.3, 0.4) is 0 Å². The highest BCUT2D eigenvalue weighted by Gasteiger charge is 2.31. The van der Waals surface area contributed by atoms with Gasteiger partial charge in [0.05, 0.1) is 6.04 Å². The van der Waals surface area contributed by atoms with Gasteiger partial charge in [0.2, 0.25) is 17.7 Å². The third-order valence-corrected chi connectivity index (χ3v) is 5.82. The average molecular weight is 564 g/mol. The Bertz CT molecular complexity index is 1030. The quantitative estimate of drug-likeness (QED) is 0.0618. The number of nitrogens with two attached hydrogens (primary N) is 3. The smallest absolute Gasteiger partial charge is 0.326 e. The highest BCUT2D eigenvalue weighted by Crippen LogP contribution is 2.09. The molecule has 0 bridgehead atoms. The topological polar surface area (TPSA) is 252 Å². The Morgan fingerprint density at radius 3 is 1.98 bits per heavy atom. The number of guanidine groups is 1. The van der Waals surface area contributed by atoms with Gasteiger partial charge in [-0.1, -0.05) is 44.2 Å². The van der Waals surface area contributed by atoms with Gasteiger partial charge in [0.15, 0.2) is 5.96 Å². The zero-order valence-electron chi connectivity index (χ0n) is 22.8. The van der Waals surface area contributed by atoms with E-state index in [0.717, 1.165) is 0 Å². The van der Waals surface area contributed by atoms with Gasteiger partial charge >= 0.3 is 11.9 Å². The van der Waals surface area contributed by atoms with Gasteiger partial charge in [0.25, 0.3) is 0 Å². The molecule has 0 aliphatic heterocycles. The van der Waals surface area contributed by atoms with Crippen LogP contribution in [0.1, 0.15) is 51.5 Å². The Morgan fingerprint density at radius 2 is 1.43 bits per heavy atom. The number of hydrogen-bond acceptors (Lipinski definition) is 7. The van der Waals surface area contributed by atoms with Crippen molar-refractivity contribution in [2.45, 2.75) is 76.5 Å². The van der Waals surface area contributed by atoms with E-state index in [1.54, 1.807) is 30.3 Å². The second-order valence-electron chi connectivity index (χ2n) is 9.83. The van der Waals surface area contributed by atoms with Crippen molar-refractivity contribution in [1.29, 1.82) is 0 Å². The van der Waals surface area contributed by atoms with Crippen LogP contribution in [0.4, 0.5) is 0 Å². The average Bonchev–Trinajstić information content (AvgIpc) is 2.87. The summed E-state index contributed by atoms with van der Waals surface area (Å²) >= 11 is 0. The van der Waals surface area contributed by atoms with Crippen LogP contribution < -0.4 is 33.2 Å². The van der Waals surface area contributed by atoms with Crippen LogP contribution >= 0.6 is 0 Å². The Balaban J connectivity index is 3.12. The predicted octanol–water partition coefficient (Wildman–Crippen LogP) is -0.940. The van der Waals surface area contributed by atoms with E-state index in [1.165, 1.54) is 0 Å². The van der Waals surface area contributed by atoms with Crippen LogP contribution in [0, 0.1) is 5.92 Å². The largest absolute Gasteiger partial charge is 0.481 e. The number of benzene rings is 1. The Labute approximate surface area is 233 Å². The second-order valence-corrected chi connectivity index (χ2v) is 9.83. The van der Waals surface area contributed by atoms with E-state index in [4.69, 9.17) is 22.3 Å². The lowest BCUT2D eigenvalue weighted by Gasteiger charge is -2.25. The monoisotopic (exact) mass is 563 g/mol. The van der Waals surface area contributed by atoms with E-state index in [0.29, 0.717) is 12.0 Å². The molecule has 0 aliphatic carbocycles. The Hall–Kier alpha value is -4.20. The van der Waals surface area contributed by atoms with Crippen molar-refractivity contribution in [3.05, 3.63) is 35.9 Å². The Kier molecular flexibility index (Phi) is 14.7. The first-order chi connectivity index (χ1) is 18.8. The lowest BCUT2D eigenvalue weighted by atomic mass is 10.0. The number of aliphatic carboxylic acids is 2. The van der Waals surface area contributed by atoms with E-state index in [9.17, 15) is 29.1 Å². The van der Waals surface area contributed by atoms with Crippen LogP contribution in [0.5, 0.6) is 0 Å². The molecule has 40 heavy (non-hydrogen) atoms. The van der Waals surface area contributed by atoms with E-state index in [2.05, 4.69) is 20.9 Å². The van der Waals surface area contributed by atoms with Crippen LogP contribution in [-0.2, 0) is 30.4 Å². The summed E-state index contributed by atoms with van der Waals surface area (Å²) in [6.45, 7) is 3.91. The number of carbonyl (C=O) groups excluding carboxylic acids is 3. The van der Waals surface area contributed by atoms with Crippen LogP contribution in [0.25, 0.3) is 0 Å². The minimum absolute atomic E-state index is 0.00517. The SMILES string of the molecule is CC(C)CC(N)C(=O)NC(CCC(=O)O)C(=O)NC(Cc1ccccc1)C(=O)NC(CCCN=C(N)N)C(=O)O. The van der Waals surface area contributed by atoms with Gasteiger partial charge in [0, 0.05) is 19.4 Å². The molecular weight excluding hydrogens is 522 g/mol. The number of aliphatic imine (C=N–C) groups is 1. The molecule has 0 aromatic heterocycles. The van der Waals surface area contributed by atoms with Gasteiger partial charge in [-0.15, -0.1) is 0 Å². The molecule has 4 unspecified atom stereocenters. The minimum Gasteiger partial charge on any atom is -0.481 e. The summed E-state index contributed by atoms with van der Waals surface area (Å²) in [5, 5.41) is 26.2. The highest BCUT2D eigenvalue weighted by atomic mass is 16.4. The van der Waals surface area contributed by atoms with Gasteiger partial charge in [-0.3, -0.25) is 24.2 Å². The number of carboxylic acids is 2. The number of nitrogens with zero attached hydrogens (tertiary/aromatic N) is 1. The molecule has 0 spiro atoms. The summed E-state index contributed by atoms with van der Waals surface area (Å²) in [6, 6.07) is 3.98. The fourth-order valence-electron chi connectivity index (χ4n) is 3.79. The summed E-state index contributed by atoms with van der Waals surface area (Å²) < 4.78 is 0. The molecule has 0 radical (unpaired) electrons. The maximum absolute atomic E-state index is 13.2. The number of nitrogens with one attached hydrogen (secondary N) is 3. The summed E-state index contributed by atoms with van der Waals surface area (Å²) in [6.07, 6.45) is -0.0312. The number of hydrogen-bond donors (Lipinski definition) is 8. The molecule has 1 aromatic rings. The number of carbonyl (C=O) groups is 5. The van der Waals surface area contributed by atoms with E-state index in [1.807, 2.05) is 13.8 Å². The fourth-order valence-corrected chi connectivity index (χ4v) is 3.79. The molecule has 3 amide bonds. The van der Waals surface area contributed by atoms with Crippen LogP contribution in [0.2, 0.25) is 0 Å². The molecule has 0 saturated carbocycles. The van der Waals surface area contributed by atoms with E-state index >= 15 is 0 Å². The summed E-state index contributed by atoms with van der Waals surface area (Å²) in [5.74, 6) is -4.71. The fraction of sp³-hybridized carbons (Fsp3) is 0.538. The first kappa shape index (κ1) is 33.8. The molecule has 4 atom stereocenters. The van der Waals surface area contributed by atoms with Crippen molar-refractivity contribution >= 4 is 35.6 Å². The highest BCUT2D eigenvalue weighted by molar-refractivity contribution is 5.94. The molecule has 14 nitrogen and oxygen atoms in total. The summed E-state index contributed by atoms with van der Waals surface area (Å²) in [5.41, 5.74) is 17.1. The van der Waals surface area contributed by atoms with Crippen molar-refractivity contribution in [2.75, 3.05) is 6.54 Å². The van der Waals surface area contributed by atoms with Gasteiger partial charge < -0.3 is 43.4 Å². The molecule has 14 heteroatoms. The first-order valence-electron chi connectivity index (χ1n) is 13.0. The second kappa shape index (κ2) is 17.4. The molecule has 11 N–H and O–H groups in total. The lowest BCUT2D eigenvalue weighted by molar-refractivity contribution is -0.142. The molecule has 0 saturated heterocycles. The summed E-state index contributed by atoms with van der Waals surface area (Å²) in [4.78, 5) is 65.8. The molecule has 1 rings (SSSR count). The molecule has 0 aliphatic rings. The number of amides is 3. The van der Waals surface area contributed by atoms with Crippen molar-refractivity contribution in [2.24, 2.45) is 28.1 Å². The first-order valence-corrected chi connectivity index (χ1v) is 13.0. The minimum atomic E-state index is -1.29. The number of rotatable bonds is 18. The lowest BCUT2D eigenvalue weighted by Crippen LogP contribution is -2.57. The van der Waals surface area contributed by atoms with Gasteiger partial charge in [0.1, 0.15) is 18.1 Å². The van der Waals surface area contributed by atoms with E-state index < -0.39 is 60.2 Å². The Morgan fingerprint density at radius 1 is 0.850 bits per heavy atom. The van der Waals surface area contributed by atoms with Crippen LogP contribution in [-0.4, -0.2) is 76.5 Å².